The summed E-state index contributed by atoms with van der Waals surface area (Å²) in [7, 11) is 0. The van der Waals surface area contributed by atoms with Crippen molar-refractivity contribution in [3.05, 3.63) is 76.2 Å². The lowest BCUT2D eigenvalue weighted by atomic mass is 10.0. The molecule has 0 N–H and O–H groups in total. The van der Waals surface area contributed by atoms with Gasteiger partial charge in [-0.3, -0.25) is 4.98 Å². The van der Waals surface area contributed by atoms with Gasteiger partial charge in [-0.05, 0) is 55.3 Å². The lowest BCUT2D eigenvalue weighted by Crippen LogP contribution is -2.35. The molecule has 2 aromatic heterocycles. The Hall–Kier alpha value is -2.05. The molecule has 0 bridgehead atoms. The van der Waals surface area contributed by atoms with Crippen molar-refractivity contribution >= 4 is 32.9 Å². The van der Waals surface area contributed by atoms with E-state index < -0.39 is 0 Å². The molecular weight excluding hydrogens is 446 g/mol. The molecule has 1 fully saturated rings. The average Bonchev–Trinajstić information content (AvgIpc) is 3.43. The largest absolute Gasteiger partial charge is 0.459 e. The molecule has 5 rings (SSSR count). The van der Waals surface area contributed by atoms with E-state index in [0.29, 0.717) is 6.04 Å². The van der Waals surface area contributed by atoms with E-state index in [0.717, 1.165) is 44.6 Å². The number of hydrogen-bond donors (Lipinski definition) is 0. The summed E-state index contributed by atoms with van der Waals surface area (Å²) in [4.78, 5) is 12.1. The van der Waals surface area contributed by atoms with Gasteiger partial charge in [0.1, 0.15) is 23.6 Å². The van der Waals surface area contributed by atoms with Crippen molar-refractivity contribution in [2.24, 2.45) is 4.99 Å². The molecule has 3 aromatic rings. The summed E-state index contributed by atoms with van der Waals surface area (Å²) in [5.74, 6) is 2.90. The number of halogens is 1. The van der Waals surface area contributed by atoms with Gasteiger partial charge in [-0.15, -0.1) is 0 Å². The van der Waals surface area contributed by atoms with Crippen molar-refractivity contribution in [2.75, 3.05) is 5.75 Å². The second-order valence-electron chi connectivity index (χ2n) is 7.52. The predicted octanol–water partition coefficient (Wildman–Crippen LogP) is 6.39. The Morgan fingerprint density at radius 2 is 2.10 bits per heavy atom. The summed E-state index contributed by atoms with van der Waals surface area (Å²) in [6.45, 7) is 4.34. The van der Waals surface area contributed by atoms with Crippen molar-refractivity contribution in [1.29, 1.82) is 0 Å². The van der Waals surface area contributed by atoms with Crippen LogP contribution in [0.3, 0.4) is 0 Å². The van der Waals surface area contributed by atoms with Crippen molar-refractivity contribution in [3.63, 3.8) is 0 Å². The number of fused-ring (bicyclic) bond motifs is 1. The predicted molar refractivity (Wildman–Crippen MR) is 122 cm³/mol. The molecule has 2 aliphatic heterocycles. The Bertz CT molecular complexity index is 1060. The number of pyridine rings is 1. The summed E-state index contributed by atoms with van der Waals surface area (Å²) in [5, 5.41) is 1.12. The minimum Gasteiger partial charge on any atom is -0.459 e. The van der Waals surface area contributed by atoms with Gasteiger partial charge >= 0.3 is 0 Å². The van der Waals surface area contributed by atoms with Crippen molar-refractivity contribution in [2.45, 2.75) is 38.4 Å². The minimum absolute atomic E-state index is 0.0397. The number of rotatable bonds is 4. The van der Waals surface area contributed by atoms with E-state index in [9.17, 15) is 0 Å². The van der Waals surface area contributed by atoms with Crippen LogP contribution in [-0.2, 0) is 0 Å². The average molecular weight is 468 g/mol. The van der Waals surface area contributed by atoms with Crippen LogP contribution in [0.1, 0.15) is 42.4 Å². The summed E-state index contributed by atoms with van der Waals surface area (Å²) in [6, 6.07) is 17.0. The van der Waals surface area contributed by atoms with Crippen molar-refractivity contribution < 1.29 is 4.42 Å². The van der Waals surface area contributed by atoms with E-state index in [1.807, 2.05) is 30.1 Å². The SMILES string of the molecule is CC[C@@H]1CSC2=N[C@@H](c3ccccn3)[C@@H](c3ccc(-c4ccc(C)cc4Br)o3)N21. The number of aromatic nitrogens is 1. The molecule has 0 unspecified atom stereocenters. The maximum absolute atomic E-state index is 6.45. The highest BCUT2D eigenvalue weighted by atomic mass is 79.9. The Labute approximate surface area is 183 Å². The Kier molecular flexibility index (Phi) is 5.00. The van der Waals surface area contributed by atoms with E-state index >= 15 is 0 Å². The van der Waals surface area contributed by atoms with Gasteiger partial charge < -0.3 is 9.32 Å². The number of thioether (sulfide) groups is 1. The molecule has 148 valence electrons. The number of amidine groups is 1. The van der Waals surface area contributed by atoms with E-state index in [4.69, 9.17) is 9.41 Å². The first-order chi connectivity index (χ1) is 14.2. The van der Waals surface area contributed by atoms with Gasteiger partial charge in [0.15, 0.2) is 5.17 Å². The van der Waals surface area contributed by atoms with Gasteiger partial charge in [-0.2, -0.15) is 0 Å². The van der Waals surface area contributed by atoms with Crippen LogP contribution in [0.15, 0.2) is 68.6 Å². The first-order valence-corrected chi connectivity index (χ1v) is 11.7. The normalized spacial score (nSPS) is 23.3. The van der Waals surface area contributed by atoms with Crippen LogP contribution in [0.2, 0.25) is 0 Å². The van der Waals surface area contributed by atoms with E-state index in [2.05, 4.69) is 76.1 Å². The zero-order chi connectivity index (χ0) is 20.0. The first-order valence-electron chi connectivity index (χ1n) is 9.92. The van der Waals surface area contributed by atoms with E-state index in [1.165, 1.54) is 5.56 Å². The van der Waals surface area contributed by atoms with Gasteiger partial charge in [0, 0.05) is 28.0 Å². The van der Waals surface area contributed by atoms with Crippen molar-refractivity contribution in [1.82, 2.24) is 9.88 Å². The molecule has 0 radical (unpaired) electrons. The molecule has 2 aliphatic rings. The molecule has 0 saturated carbocycles. The summed E-state index contributed by atoms with van der Waals surface area (Å²) < 4.78 is 7.49. The summed E-state index contributed by atoms with van der Waals surface area (Å²) in [5.41, 5.74) is 3.28. The number of aliphatic imine (C=N–C) groups is 1. The van der Waals surface area contributed by atoms with Crippen LogP contribution < -0.4 is 0 Å². The van der Waals surface area contributed by atoms with Crippen LogP contribution in [-0.4, -0.2) is 26.8 Å². The van der Waals surface area contributed by atoms with Crippen molar-refractivity contribution in [3.8, 4) is 11.3 Å². The summed E-state index contributed by atoms with van der Waals surface area (Å²) >= 11 is 5.53. The Balaban J connectivity index is 1.56. The van der Waals surface area contributed by atoms with Gasteiger partial charge in [0.25, 0.3) is 0 Å². The molecule has 4 nitrogen and oxygen atoms in total. The third-order valence-corrected chi connectivity index (χ3v) is 7.42. The second kappa shape index (κ2) is 7.65. The lowest BCUT2D eigenvalue weighted by Gasteiger charge is -2.30. The van der Waals surface area contributed by atoms with E-state index in [-0.39, 0.29) is 12.1 Å². The molecule has 0 spiro atoms. The maximum atomic E-state index is 6.45. The molecule has 3 atom stereocenters. The molecule has 4 heterocycles. The van der Waals surface area contributed by atoms with Gasteiger partial charge in [0.05, 0.1) is 5.69 Å². The first kappa shape index (κ1) is 18.9. The van der Waals surface area contributed by atoms with Crippen LogP contribution in [0, 0.1) is 6.92 Å². The molecule has 6 heteroatoms. The fourth-order valence-corrected chi connectivity index (χ4v) is 6.16. The van der Waals surface area contributed by atoms with Crippen LogP contribution in [0.5, 0.6) is 0 Å². The molecule has 1 saturated heterocycles. The monoisotopic (exact) mass is 467 g/mol. The fourth-order valence-electron chi connectivity index (χ4n) is 4.14. The fraction of sp³-hybridized carbons (Fsp3) is 0.304. The van der Waals surface area contributed by atoms with Crippen LogP contribution >= 0.6 is 27.7 Å². The second-order valence-corrected chi connectivity index (χ2v) is 9.36. The van der Waals surface area contributed by atoms with E-state index in [1.54, 1.807) is 0 Å². The number of nitrogens with zero attached hydrogens (tertiary/aromatic N) is 3. The summed E-state index contributed by atoms with van der Waals surface area (Å²) in [6.07, 6.45) is 2.94. The molecule has 29 heavy (non-hydrogen) atoms. The Morgan fingerprint density at radius 3 is 2.86 bits per heavy atom. The smallest absolute Gasteiger partial charge is 0.161 e. The molecule has 0 aliphatic carbocycles. The highest BCUT2D eigenvalue weighted by Gasteiger charge is 2.46. The van der Waals surface area contributed by atoms with Gasteiger partial charge in [-0.25, -0.2) is 4.99 Å². The quantitative estimate of drug-likeness (QED) is 0.445. The van der Waals surface area contributed by atoms with Crippen LogP contribution in [0.25, 0.3) is 11.3 Å². The van der Waals surface area contributed by atoms with Gasteiger partial charge in [0.2, 0.25) is 0 Å². The number of furan rings is 1. The zero-order valence-electron chi connectivity index (χ0n) is 16.4. The minimum atomic E-state index is -0.0477. The molecule has 0 amide bonds. The Morgan fingerprint density at radius 1 is 1.21 bits per heavy atom. The third-order valence-electron chi connectivity index (χ3n) is 5.64. The number of aryl methyl sites for hydroxylation is 1. The van der Waals surface area contributed by atoms with Gasteiger partial charge in [-0.1, -0.05) is 46.7 Å². The lowest BCUT2D eigenvalue weighted by molar-refractivity contribution is 0.226. The maximum Gasteiger partial charge on any atom is 0.161 e. The highest BCUT2D eigenvalue weighted by Crippen LogP contribution is 2.49. The topological polar surface area (TPSA) is 41.6 Å². The molecular formula is C23H22BrN3OS. The zero-order valence-corrected chi connectivity index (χ0v) is 18.8. The van der Waals surface area contributed by atoms with Crippen LogP contribution in [0.4, 0.5) is 0 Å². The highest BCUT2D eigenvalue weighted by molar-refractivity contribution is 9.10. The number of hydrogen-bond acceptors (Lipinski definition) is 5. The molecule has 1 aromatic carbocycles. The third kappa shape index (κ3) is 3.32. The number of benzene rings is 1. The standard InChI is InChI=1S/C23H22BrN3OS/c1-3-15-13-29-23-26-21(18-6-4-5-11-25-18)22(27(15)23)20-10-9-19(28-20)16-8-7-14(2)12-17(16)24/h4-12,15,21-22H,3,13H2,1-2H3/t15-,21+,22-/m1/s1.